The van der Waals surface area contributed by atoms with Gasteiger partial charge in [0.25, 0.3) is 5.91 Å². The first-order valence-corrected chi connectivity index (χ1v) is 6.86. The Labute approximate surface area is 120 Å². The van der Waals surface area contributed by atoms with E-state index in [0.29, 0.717) is 18.8 Å². The van der Waals surface area contributed by atoms with Crippen molar-refractivity contribution in [3.05, 3.63) is 24.0 Å². The van der Waals surface area contributed by atoms with Gasteiger partial charge in [-0.3, -0.25) is 9.78 Å². The average Bonchev–Trinajstić information content (AvgIpc) is 2.34. The van der Waals surface area contributed by atoms with E-state index in [2.05, 4.69) is 10.3 Å². The van der Waals surface area contributed by atoms with Crippen LogP contribution < -0.4 is 5.32 Å². The lowest BCUT2D eigenvalue weighted by molar-refractivity contribution is -0.171. The van der Waals surface area contributed by atoms with E-state index in [0.717, 1.165) is 5.69 Å². The van der Waals surface area contributed by atoms with Crippen LogP contribution in [0, 0.1) is 0 Å². The first kappa shape index (κ1) is 14.8. The lowest BCUT2D eigenvalue weighted by Gasteiger charge is -2.47. The van der Waals surface area contributed by atoms with Crippen LogP contribution in [0.3, 0.4) is 0 Å². The Hall–Kier alpha value is -1.62. The number of aromatic nitrogens is 1. The lowest BCUT2D eigenvalue weighted by atomic mass is 9.98. The van der Waals surface area contributed by atoms with Crippen molar-refractivity contribution in [1.29, 1.82) is 0 Å². The maximum atomic E-state index is 12.6. The summed E-state index contributed by atoms with van der Waals surface area (Å²) in [6, 6.07) is 3.61. The van der Waals surface area contributed by atoms with Gasteiger partial charge in [-0.05, 0) is 39.8 Å². The van der Waals surface area contributed by atoms with Gasteiger partial charge in [-0.15, -0.1) is 0 Å². The average molecular weight is 277 g/mol. The van der Waals surface area contributed by atoms with Gasteiger partial charge >= 0.3 is 0 Å². The van der Waals surface area contributed by atoms with E-state index in [1.165, 1.54) is 0 Å². The van der Waals surface area contributed by atoms with Crippen molar-refractivity contribution in [3.8, 4) is 0 Å². The molecule has 1 fully saturated rings. The Balaban J connectivity index is 2.23. The number of morpholine rings is 1. The van der Waals surface area contributed by atoms with Gasteiger partial charge in [-0.1, -0.05) is 0 Å². The fourth-order valence-electron chi connectivity index (χ4n) is 2.80. The van der Waals surface area contributed by atoms with Gasteiger partial charge in [0, 0.05) is 32.0 Å². The van der Waals surface area contributed by atoms with Crippen LogP contribution in [0.15, 0.2) is 18.3 Å². The molecule has 0 bridgehead atoms. The number of nitrogens with zero attached hydrogens (tertiary/aromatic N) is 2. The molecule has 1 saturated heterocycles. The van der Waals surface area contributed by atoms with E-state index in [9.17, 15) is 4.79 Å². The molecule has 5 heteroatoms. The molecule has 0 aliphatic carbocycles. The van der Waals surface area contributed by atoms with Gasteiger partial charge in [0.2, 0.25) is 0 Å². The number of nitrogens with one attached hydrogen (secondary N) is 1. The zero-order valence-corrected chi connectivity index (χ0v) is 12.9. The highest BCUT2D eigenvalue weighted by Gasteiger charge is 2.40. The number of carbonyl (C=O) groups excluding carboxylic acids is 1. The Kier molecular flexibility index (Phi) is 3.73. The molecule has 0 atom stereocenters. The van der Waals surface area contributed by atoms with Crippen molar-refractivity contribution in [2.45, 2.75) is 38.9 Å². The van der Waals surface area contributed by atoms with Crippen molar-refractivity contribution in [1.82, 2.24) is 9.88 Å². The van der Waals surface area contributed by atoms with E-state index in [1.54, 1.807) is 12.3 Å². The van der Waals surface area contributed by atoms with Crippen LogP contribution in [0.25, 0.3) is 0 Å². The van der Waals surface area contributed by atoms with E-state index in [1.807, 2.05) is 45.7 Å². The van der Waals surface area contributed by atoms with Gasteiger partial charge in [-0.25, -0.2) is 0 Å². The minimum absolute atomic E-state index is 0.0495. The van der Waals surface area contributed by atoms with Crippen molar-refractivity contribution >= 4 is 11.6 Å². The highest BCUT2D eigenvalue weighted by Crippen LogP contribution is 2.28. The Morgan fingerprint density at radius 2 is 1.90 bits per heavy atom. The molecule has 0 saturated carbocycles. The number of anilines is 1. The van der Waals surface area contributed by atoms with Gasteiger partial charge in [-0.2, -0.15) is 0 Å². The van der Waals surface area contributed by atoms with Gasteiger partial charge in [0.1, 0.15) is 5.69 Å². The highest BCUT2D eigenvalue weighted by molar-refractivity contribution is 5.93. The van der Waals surface area contributed by atoms with Gasteiger partial charge in [0.15, 0.2) is 0 Å². The summed E-state index contributed by atoms with van der Waals surface area (Å²) in [6.45, 7) is 9.16. The summed E-state index contributed by atoms with van der Waals surface area (Å²) in [6.07, 6.45) is 1.65. The van der Waals surface area contributed by atoms with Gasteiger partial charge < -0.3 is 15.0 Å². The molecule has 0 unspecified atom stereocenters. The summed E-state index contributed by atoms with van der Waals surface area (Å²) in [5.41, 5.74) is 0.649. The molecule has 1 aliphatic rings. The second-order valence-corrected chi connectivity index (χ2v) is 6.46. The molecular formula is C15H23N3O2. The minimum Gasteiger partial charge on any atom is -0.388 e. The highest BCUT2D eigenvalue weighted by atomic mass is 16.5. The molecule has 1 amide bonds. The molecule has 20 heavy (non-hydrogen) atoms. The second kappa shape index (κ2) is 5.05. The van der Waals surface area contributed by atoms with Crippen molar-refractivity contribution in [3.63, 3.8) is 0 Å². The number of pyridine rings is 1. The molecule has 2 rings (SSSR count). The topological polar surface area (TPSA) is 54.5 Å². The third-order valence-electron chi connectivity index (χ3n) is 3.25. The van der Waals surface area contributed by atoms with E-state index in [-0.39, 0.29) is 17.1 Å². The number of rotatable bonds is 2. The van der Waals surface area contributed by atoms with Crippen molar-refractivity contribution < 1.29 is 9.53 Å². The molecule has 0 radical (unpaired) electrons. The molecule has 1 aromatic heterocycles. The lowest BCUT2D eigenvalue weighted by Crippen LogP contribution is -2.58. The standard InChI is InChI=1S/C15H23N3O2/c1-14(2)9-18(10-15(3,4)20-14)13(19)12-8-11(16-5)6-7-17-12/h6-8H,9-10H2,1-5H3,(H,16,17). The summed E-state index contributed by atoms with van der Waals surface area (Å²) in [5, 5.41) is 3.02. The second-order valence-electron chi connectivity index (χ2n) is 6.46. The van der Waals surface area contributed by atoms with Crippen LogP contribution in [0.5, 0.6) is 0 Å². The molecule has 0 aromatic carbocycles. The molecule has 1 aromatic rings. The van der Waals surface area contributed by atoms with Crippen LogP contribution in [-0.4, -0.2) is 47.1 Å². The summed E-state index contributed by atoms with van der Waals surface area (Å²) in [4.78, 5) is 18.6. The van der Waals surface area contributed by atoms with Crippen LogP contribution in [-0.2, 0) is 4.74 Å². The first-order chi connectivity index (χ1) is 9.22. The summed E-state index contributed by atoms with van der Waals surface area (Å²) in [5.74, 6) is -0.0495. The maximum Gasteiger partial charge on any atom is 0.272 e. The zero-order valence-electron chi connectivity index (χ0n) is 12.9. The molecule has 0 spiro atoms. The Bertz CT molecular complexity index is 496. The Morgan fingerprint density at radius 1 is 1.30 bits per heavy atom. The largest absolute Gasteiger partial charge is 0.388 e. The number of amides is 1. The summed E-state index contributed by atoms with van der Waals surface area (Å²) in [7, 11) is 1.82. The molecule has 110 valence electrons. The predicted molar refractivity (Wildman–Crippen MR) is 78.9 cm³/mol. The quantitative estimate of drug-likeness (QED) is 0.900. The number of ether oxygens (including phenoxy) is 1. The monoisotopic (exact) mass is 277 g/mol. The predicted octanol–water partition coefficient (Wildman–Crippen LogP) is 2.15. The zero-order chi connectivity index (χ0) is 15.0. The van der Waals surface area contributed by atoms with Crippen LogP contribution in [0.4, 0.5) is 5.69 Å². The normalized spacial score (nSPS) is 20.6. The van der Waals surface area contributed by atoms with Gasteiger partial charge in [0.05, 0.1) is 11.2 Å². The minimum atomic E-state index is -0.349. The van der Waals surface area contributed by atoms with Crippen LogP contribution >= 0.6 is 0 Å². The fourth-order valence-corrected chi connectivity index (χ4v) is 2.80. The summed E-state index contributed by atoms with van der Waals surface area (Å²) >= 11 is 0. The molecular weight excluding hydrogens is 254 g/mol. The third kappa shape index (κ3) is 3.28. The summed E-state index contributed by atoms with van der Waals surface area (Å²) < 4.78 is 6.00. The molecule has 1 N–H and O–H groups in total. The molecule has 1 aliphatic heterocycles. The first-order valence-electron chi connectivity index (χ1n) is 6.86. The molecule has 5 nitrogen and oxygen atoms in total. The SMILES string of the molecule is CNc1ccnc(C(=O)N2CC(C)(C)OC(C)(C)C2)c1. The van der Waals surface area contributed by atoms with Crippen molar-refractivity contribution in [2.24, 2.45) is 0 Å². The smallest absolute Gasteiger partial charge is 0.272 e. The number of hydrogen-bond donors (Lipinski definition) is 1. The third-order valence-corrected chi connectivity index (χ3v) is 3.25. The Morgan fingerprint density at radius 3 is 2.45 bits per heavy atom. The number of carbonyl (C=O) groups is 1. The van der Waals surface area contributed by atoms with Crippen LogP contribution in [0.1, 0.15) is 38.2 Å². The fraction of sp³-hybridized carbons (Fsp3) is 0.600. The number of hydrogen-bond acceptors (Lipinski definition) is 4. The van der Waals surface area contributed by atoms with Crippen molar-refractivity contribution in [2.75, 3.05) is 25.5 Å². The van der Waals surface area contributed by atoms with Crippen LogP contribution in [0.2, 0.25) is 0 Å². The van der Waals surface area contributed by atoms with E-state index in [4.69, 9.17) is 4.74 Å². The molecule has 2 heterocycles. The van der Waals surface area contributed by atoms with E-state index >= 15 is 0 Å². The van der Waals surface area contributed by atoms with E-state index < -0.39 is 0 Å². The maximum absolute atomic E-state index is 12.6.